The first-order valence-electron chi connectivity index (χ1n) is 12.8. The Morgan fingerprint density at radius 1 is 1.14 bits per heavy atom. The Morgan fingerprint density at radius 3 is 2.55 bits per heavy atom. The van der Waals surface area contributed by atoms with E-state index in [9.17, 15) is 19.6 Å². The first kappa shape index (κ1) is 30.3. The van der Waals surface area contributed by atoms with Crippen molar-refractivity contribution in [3.8, 4) is 11.8 Å². The number of ether oxygens (including phenoxy) is 2. The minimum absolute atomic E-state index is 0.0460. The van der Waals surface area contributed by atoms with E-state index in [1.54, 1.807) is 68.4 Å². The highest BCUT2D eigenvalue weighted by atomic mass is 35.5. The summed E-state index contributed by atoms with van der Waals surface area (Å²) in [5.74, 6) is -1.31. The van der Waals surface area contributed by atoms with Gasteiger partial charge < -0.3 is 29.8 Å². The SMILES string of the molecule is CCOC(=O)c1ccc(NC(=O)C2=C(C)NC(SCC(=O)Nc3cc(Cl)ccc3OC)=C(C#N)[C@H]2c2ccco2)cc1. The average molecular weight is 607 g/mol. The Labute approximate surface area is 251 Å². The molecule has 3 aromatic rings. The number of carbonyl (C=O) groups excluding carboxylic acids is 3. The zero-order valence-corrected chi connectivity index (χ0v) is 24.5. The van der Waals surface area contributed by atoms with Crippen LogP contribution in [-0.2, 0) is 14.3 Å². The summed E-state index contributed by atoms with van der Waals surface area (Å²) in [4.78, 5) is 38.3. The van der Waals surface area contributed by atoms with Crippen molar-refractivity contribution < 1.29 is 28.3 Å². The molecule has 0 radical (unpaired) electrons. The number of halogens is 1. The lowest BCUT2D eigenvalue weighted by Gasteiger charge is -2.28. The second kappa shape index (κ2) is 13.8. The van der Waals surface area contributed by atoms with Crippen LogP contribution in [0.25, 0.3) is 0 Å². The van der Waals surface area contributed by atoms with Crippen LogP contribution in [0.1, 0.15) is 35.9 Å². The Hall–Kier alpha value is -4.66. The van der Waals surface area contributed by atoms with Crippen LogP contribution in [-0.4, -0.2) is 37.3 Å². The molecule has 2 aromatic carbocycles. The smallest absolute Gasteiger partial charge is 0.338 e. The van der Waals surface area contributed by atoms with E-state index in [2.05, 4.69) is 22.0 Å². The molecule has 0 bridgehead atoms. The van der Waals surface area contributed by atoms with Crippen LogP contribution in [0.4, 0.5) is 11.4 Å². The number of furan rings is 1. The van der Waals surface area contributed by atoms with Crippen molar-refractivity contribution in [1.82, 2.24) is 5.32 Å². The summed E-state index contributed by atoms with van der Waals surface area (Å²) < 4.78 is 15.9. The molecule has 2 heterocycles. The number of amides is 2. The molecule has 0 saturated carbocycles. The molecular weight excluding hydrogens is 580 g/mol. The molecule has 0 fully saturated rings. The van der Waals surface area contributed by atoms with Crippen molar-refractivity contribution >= 4 is 52.5 Å². The zero-order chi connectivity index (χ0) is 30.2. The number of nitrogens with one attached hydrogen (secondary N) is 3. The van der Waals surface area contributed by atoms with Gasteiger partial charge in [0.15, 0.2) is 0 Å². The number of dihydropyridines is 1. The third-order valence-corrected chi connectivity index (χ3v) is 7.41. The van der Waals surface area contributed by atoms with Crippen LogP contribution in [0, 0.1) is 11.3 Å². The Kier molecular flexibility index (Phi) is 9.96. The van der Waals surface area contributed by atoms with Gasteiger partial charge in [0, 0.05) is 16.4 Å². The Bertz CT molecular complexity index is 1590. The summed E-state index contributed by atoms with van der Waals surface area (Å²) in [6.07, 6.45) is 1.46. The lowest BCUT2D eigenvalue weighted by molar-refractivity contribution is -0.114. The summed E-state index contributed by atoms with van der Waals surface area (Å²) in [6, 6.07) is 16.7. The van der Waals surface area contributed by atoms with E-state index in [-0.39, 0.29) is 29.4 Å². The van der Waals surface area contributed by atoms with Crippen molar-refractivity contribution in [3.63, 3.8) is 0 Å². The quantitative estimate of drug-likeness (QED) is 0.243. The third-order valence-electron chi connectivity index (χ3n) is 6.16. The van der Waals surface area contributed by atoms with Gasteiger partial charge in [0.05, 0.1) is 65.1 Å². The van der Waals surface area contributed by atoms with Gasteiger partial charge in [-0.15, -0.1) is 0 Å². The van der Waals surface area contributed by atoms with Gasteiger partial charge in [-0.05, 0) is 68.4 Å². The fraction of sp³-hybridized carbons (Fsp3) is 0.200. The van der Waals surface area contributed by atoms with Crippen LogP contribution in [0.5, 0.6) is 5.75 Å². The summed E-state index contributed by atoms with van der Waals surface area (Å²) >= 11 is 7.18. The van der Waals surface area contributed by atoms with E-state index in [1.165, 1.54) is 13.4 Å². The molecule has 1 atom stereocenters. The van der Waals surface area contributed by atoms with Crippen LogP contribution < -0.4 is 20.7 Å². The number of esters is 1. The number of carbonyl (C=O) groups is 3. The van der Waals surface area contributed by atoms with Gasteiger partial charge >= 0.3 is 5.97 Å². The minimum Gasteiger partial charge on any atom is -0.495 e. The maximum Gasteiger partial charge on any atom is 0.338 e. The van der Waals surface area contributed by atoms with Gasteiger partial charge in [0.1, 0.15) is 11.5 Å². The van der Waals surface area contributed by atoms with Crippen molar-refractivity contribution in [3.05, 3.63) is 99.1 Å². The van der Waals surface area contributed by atoms with E-state index < -0.39 is 17.8 Å². The average Bonchev–Trinajstić information content (AvgIpc) is 3.51. The number of hydrogen-bond acceptors (Lipinski definition) is 9. The van der Waals surface area contributed by atoms with Crippen molar-refractivity contribution in [2.45, 2.75) is 19.8 Å². The monoisotopic (exact) mass is 606 g/mol. The normalized spacial score (nSPS) is 14.5. The molecule has 216 valence electrons. The largest absolute Gasteiger partial charge is 0.495 e. The second-order valence-corrected chi connectivity index (χ2v) is 10.3. The van der Waals surface area contributed by atoms with Crippen LogP contribution in [0.2, 0.25) is 5.02 Å². The number of hydrogen-bond donors (Lipinski definition) is 3. The van der Waals surface area contributed by atoms with Gasteiger partial charge in [0.25, 0.3) is 5.91 Å². The molecule has 3 N–H and O–H groups in total. The van der Waals surface area contributed by atoms with Crippen molar-refractivity contribution in [1.29, 1.82) is 5.26 Å². The first-order valence-corrected chi connectivity index (χ1v) is 14.1. The molecule has 2 amide bonds. The molecule has 0 unspecified atom stereocenters. The fourth-order valence-electron chi connectivity index (χ4n) is 4.27. The molecule has 4 rings (SSSR count). The van der Waals surface area contributed by atoms with Crippen molar-refractivity contribution in [2.75, 3.05) is 30.1 Å². The highest BCUT2D eigenvalue weighted by Crippen LogP contribution is 2.41. The molecule has 42 heavy (non-hydrogen) atoms. The molecule has 0 aliphatic carbocycles. The second-order valence-electron chi connectivity index (χ2n) is 8.90. The predicted octanol–water partition coefficient (Wildman–Crippen LogP) is 5.82. The molecule has 12 heteroatoms. The third kappa shape index (κ3) is 6.97. The summed E-state index contributed by atoms with van der Waals surface area (Å²) in [7, 11) is 1.49. The lowest BCUT2D eigenvalue weighted by atomic mass is 9.85. The highest BCUT2D eigenvalue weighted by molar-refractivity contribution is 8.03. The standard InChI is InChI=1S/C30H27ClN4O6S/c1-4-40-30(38)18-7-10-20(11-8-18)34-28(37)26-17(2)33-29(21(15-32)27(26)24-6-5-13-41-24)42-16-25(36)35-22-14-19(31)9-12-23(22)39-3/h5-14,27,33H,4,16H2,1-3H3,(H,34,37)(H,35,36)/t27-/m0/s1. The molecule has 0 spiro atoms. The van der Waals surface area contributed by atoms with E-state index in [4.69, 9.17) is 25.5 Å². The topological polar surface area (TPSA) is 143 Å². The number of nitrogens with zero attached hydrogens (tertiary/aromatic N) is 1. The number of thioether (sulfide) groups is 1. The van der Waals surface area contributed by atoms with Gasteiger partial charge in [0.2, 0.25) is 5.91 Å². The molecule has 0 saturated heterocycles. The van der Waals surface area contributed by atoms with Crippen LogP contribution in [0.15, 0.2) is 87.1 Å². The van der Waals surface area contributed by atoms with E-state index in [0.29, 0.717) is 44.2 Å². The number of nitriles is 1. The molecule has 1 aliphatic heterocycles. The number of rotatable bonds is 10. The molecule has 10 nitrogen and oxygen atoms in total. The Morgan fingerprint density at radius 2 is 1.90 bits per heavy atom. The Balaban J connectivity index is 1.55. The number of allylic oxidation sites excluding steroid dienone is 2. The van der Waals surface area contributed by atoms with Gasteiger partial charge in [-0.2, -0.15) is 5.26 Å². The number of methoxy groups -OCH3 is 1. The maximum atomic E-state index is 13.6. The number of benzene rings is 2. The zero-order valence-electron chi connectivity index (χ0n) is 22.9. The predicted molar refractivity (Wildman–Crippen MR) is 160 cm³/mol. The fourth-order valence-corrected chi connectivity index (χ4v) is 5.34. The highest BCUT2D eigenvalue weighted by Gasteiger charge is 2.36. The number of anilines is 2. The van der Waals surface area contributed by atoms with E-state index in [1.807, 2.05) is 0 Å². The minimum atomic E-state index is -0.830. The van der Waals surface area contributed by atoms with Gasteiger partial charge in [-0.1, -0.05) is 23.4 Å². The van der Waals surface area contributed by atoms with E-state index in [0.717, 1.165) is 11.8 Å². The first-order chi connectivity index (χ1) is 20.2. The maximum absolute atomic E-state index is 13.6. The van der Waals surface area contributed by atoms with E-state index >= 15 is 0 Å². The summed E-state index contributed by atoms with van der Waals surface area (Å²) in [6.45, 7) is 3.68. The molecule has 1 aromatic heterocycles. The summed E-state index contributed by atoms with van der Waals surface area (Å²) in [5.41, 5.74) is 2.19. The molecular formula is C30H27ClN4O6S. The lowest BCUT2D eigenvalue weighted by Crippen LogP contribution is -2.31. The van der Waals surface area contributed by atoms with Gasteiger partial charge in [-0.3, -0.25) is 9.59 Å². The van der Waals surface area contributed by atoms with Crippen LogP contribution >= 0.6 is 23.4 Å². The van der Waals surface area contributed by atoms with Crippen LogP contribution in [0.3, 0.4) is 0 Å². The summed E-state index contributed by atoms with van der Waals surface area (Å²) in [5, 5.41) is 19.8. The van der Waals surface area contributed by atoms with Gasteiger partial charge in [-0.25, -0.2) is 4.79 Å². The van der Waals surface area contributed by atoms with Crippen molar-refractivity contribution in [2.24, 2.45) is 0 Å². The molecule has 1 aliphatic rings.